The number of nitrogens with zero attached hydrogens (tertiary/aromatic N) is 1. The molecule has 0 amide bonds. The van der Waals surface area contributed by atoms with Gasteiger partial charge in [0.05, 0.1) is 6.21 Å². The highest BCUT2D eigenvalue weighted by Gasteiger charge is 2.04. The number of oxime groups is 1. The van der Waals surface area contributed by atoms with Crippen molar-refractivity contribution in [2.75, 3.05) is 0 Å². The molecule has 0 saturated carbocycles. The van der Waals surface area contributed by atoms with E-state index in [1.54, 1.807) is 6.07 Å². The molecule has 0 aliphatic heterocycles. The van der Waals surface area contributed by atoms with E-state index in [2.05, 4.69) is 12.1 Å². The molecule has 3 nitrogen and oxygen atoms in total. The van der Waals surface area contributed by atoms with E-state index in [4.69, 9.17) is 5.21 Å². The summed E-state index contributed by atoms with van der Waals surface area (Å²) in [5, 5.41) is 21.3. The van der Waals surface area contributed by atoms with Crippen LogP contribution in [0, 0.1) is 0 Å². The average Bonchev–Trinajstić information content (AvgIpc) is 2.33. The molecule has 0 unspecified atom stereocenters. The van der Waals surface area contributed by atoms with E-state index in [0.717, 1.165) is 18.4 Å². The Hall–Kier alpha value is -1.51. The fourth-order valence-corrected chi connectivity index (χ4v) is 1.90. The summed E-state index contributed by atoms with van der Waals surface area (Å²) < 4.78 is 0. The van der Waals surface area contributed by atoms with Crippen LogP contribution in [0.3, 0.4) is 0 Å². The first-order valence-corrected chi connectivity index (χ1v) is 6.28. The van der Waals surface area contributed by atoms with Crippen LogP contribution in [0.2, 0.25) is 0 Å². The first-order valence-electron chi connectivity index (χ1n) is 6.28. The van der Waals surface area contributed by atoms with Crippen molar-refractivity contribution in [2.45, 2.75) is 45.4 Å². The Labute approximate surface area is 103 Å². The lowest BCUT2D eigenvalue weighted by atomic mass is 10.0. The van der Waals surface area contributed by atoms with Crippen molar-refractivity contribution in [3.05, 3.63) is 29.3 Å². The third-order valence-electron chi connectivity index (χ3n) is 2.90. The van der Waals surface area contributed by atoms with Crippen LogP contribution in [0.1, 0.15) is 50.2 Å². The molecule has 0 bridgehead atoms. The van der Waals surface area contributed by atoms with Crippen LogP contribution < -0.4 is 0 Å². The molecule has 0 fully saturated rings. The van der Waals surface area contributed by atoms with Gasteiger partial charge in [-0.1, -0.05) is 49.9 Å². The van der Waals surface area contributed by atoms with Gasteiger partial charge in [0.2, 0.25) is 0 Å². The Bertz CT molecular complexity index is 361. The number of benzene rings is 1. The van der Waals surface area contributed by atoms with Crippen molar-refractivity contribution in [1.29, 1.82) is 0 Å². The molecule has 17 heavy (non-hydrogen) atoms. The standard InChI is InChI=1S/C14H21NO2/c1-2-3-4-5-6-8-12-9-7-10-13(11-15-17)14(12)16/h7,9-11,16-17H,2-6,8H2,1H3. The predicted octanol–water partition coefficient (Wildman–Crippen LogP) is 3.71. The lowest BCUT2D eigenvalue weighted by Crippen LogP contribution is -1.91. The van der Waals surface area contributed by atoms with Gasteiger partial charge in [0.25, 0.3) is 0 Å². The number of phenolic OH excluding ortho intramolecular Hbond substituents is 1. The van der Waals surface area contributed by atoms with Gasteiger partial charge in [-0.3, -0.25) is 0 Å². The van der Waals surface area contributed by atoms with Gasteiger partial charge in [0, 0.05) is 5.56 Å². The molecular weight excluding hydrogens is 214 g/mol. The van der Waals surface area contributed by atoms with Crippen molar-refractivity contribution in [1.82, 2.24) is 0 Å². The second-order valence-electron chi connectivity index (χ2n) is 4.26. The minimum absolute atomic E-state index is 0.237. The van der Waals surface area contributed by atoms with Crippen molar-refractivity contribution in [3.8, 4) is 5.75 Å². The molecule has 1 aromatic rings. The molecule has 0 radical (unpaired) electrons. The van der Waals surface area contributed by atoms with Crippen LogP contribution >= 0.6 is 0 Å². The van der Waals surface area contributed by atoms with E-state index in [-0.39, 0.29) is 5.75 Å². The van der Waals surface area contributed by atoms with Gasteiger partial charge in [-0.25, -0.2) is 0 Å². The maximum atomic E-state index is 9.92. The number of aryl methyl sites for hydroxylation is 1. The predicted molar refractivity (Wildman–Crippen MR) is 70.0 cm³/mol. The van der Waals surface area contributed by atoms with Crippen molar-refractivity contribution >= 4 is 6.21 Å². The molecule has 94 valence electrons. The van der Waals surface area contributed by atoms with Gasteiger partial charge in [-0.05, 0) is 24.5 Å². The minimum atomic E-state index is 0.237. The highest BCUT2D eigenvalue weighted by Crippen LogP contribution is 2.23. The summed E-state index contributed by atoms with van der Waals surface area (Å²) >= 11 is 0. The molecule has 2 N–H and O–H groups in total. The van der Waals surface area contributed by atoms with Crippen LogP contribution in [0.25, 0.3) is 0 Å². The van der Waals surface area contributed by atoms with Crippen LogP contribution in [-0.2, 0) is 6.42 Å². The summed E-state index contributed by atoms with van der Waals surface area (Å²) in [6.45, 7) is 2.20. The van der Waals surface area contributed by atoms with Crippen LogP contribution in [-0.4, -0.2) is 16.5 Å². The fraction of sp³-hybridized carbons (Fsp3) is 0.500. The number of para-hydroxylation sites is 1. The van der Waals surface area contributed by atoms with Crippen molar-refractivity contribution in [3.63, 3.8) is 0 Å². The van der Waals surface area contributed by atoms with E-state index in [1.807, 2.05) is 12.1 Å². The van der Waals surface area contributed by atoms with Crippen LogP contribution in [0.4, 0.5) is 0 Å². The highest BCUT2D eigenvalue weighted by molar-refractivity contribution is 5.83. The number of hydrogen-bond donors (Lipinski definition) is 2. The molecule has 3 heteroatoms. The second-order valence-corrected chi connectivity index (χ2v) is 4.26. The van der Waals surface area contributed by atoms with E-state index >= 15 is 0 Å². The molecule has 1 aromatic carbocycles. The highest BCUT2D eigenvalue weighted by atomic mass is 16.4. The van der Waals surface area contributed by atoms with E-state index in [0.29, 0.717) is 5.56 Å². The zero-order chi connectivity index (χ0) is 12.5. The van der Waals surface area contributed by atoms with Crippen molar-refractivity contribution in [2.24, 2.45) is 5.16 Å². The Morgan fingerprint density at radius 3 is 2.65 bits per heavy atom. The van der Waals surface area contributed by atoms with Gasteiger partial charge >= 0.3 is 0 Å². The summed E-state index contributed by atoms with van der Waals surface area (Å²) in [6, 6.07) is 5.53. The van der Waals surface area contributed by atoms with Crippen LogP contribution in [0.5, 0.6) is 5.75 Å². The summed E-state index contributed by atoms with van der Waals surface area (Å²) in [7, 11) is 0. The minimum Gasteiger partial charge on any atom is -0.507 e. The largest absolute Gasteiger partial charge is 0.507 e. The Morgan fingerprint density at radius 1 is 1.18 bits per heavy atom. The topological polar surface area (TPSA) is 52.8 Å². The van der Waals surface area contributed by atoms with Crippen molar-refractivity contribution < 1.29 is 10.3 Å². The number of aromatic hydroxyl groups is 1. The molecular formula is C14H21NO2. The third-order valence-corrected chi connectivity index (χ3v) is 2.90. The summed E-state index contributed by atoms with van der Waals surface area (Å²) in [4.78, 5) is 0. The van der Waals surface area contributed by atoms with Gasteiger partial charge in [-0.15, -0.1) is 0 Å². The number of phenols is 1. The second kappa shape index (κ2) is 7.71. The fourth-order valence-electron chi connectivity index (χ4n) is 1.90. The van der Waals surface area contributed by atoms with Crippen LogP contribution in [0.15, 0.2) is 23.4 Å². The summed E-state index contributed by atoms with van der Waals surface area (Å²) in [5.41, 5.74) is 1.50. The molecule has 0 aromatic heterocycles. The molecule has 0 saturated heterocycles. The van der Waals surface area contributed by atoms with Gasteiger partial charge in [-0.2, -0.15) is 0 Å². The number of unbranched alkanes of at least 4 members (excludes halogenated alkanes) is 4. The van der Waals surface area contributed by atoms with E-state index in [9.17, 15) is 5.11 Å². The first-order chi connectivity index (χ1) is 8.29. The Kier molecular flexibility index (Phi) is 6.15. The Balaban J connectivity index is 2.50. The molecule has 0 heterocycles. The number of hydrogen-bond acceptors (Lipinski definition) is 3. The quantitative estimate of drug-likeness (QED) is 0.327. The maximum Gasteiger partial charge on any atom is 0.127 e. The Morgan fingerprint density at radius 2 is 1.94 bits per heavy atom. The number of rotatable bonds is 7. The smallest absolute Gasteiger partial charge is 0.127 e. The third kappa shape index (κ3) is 4.47. The summed E-state index contributed by atoms with van der Waals surface area (Å²) in [6.07, 6.45) is 8.21. The lowest BCUT2D eigenvalue weighted by Gasteiger charge is -2.06. The van der Waals surface area contributed by atoms with Gasteiger partial charge < -0.3 is 10.3 Å². The molecule has 0 spiro atoms. The molecule has 0 aliphatic carbocycles. The molecule has 0 atom stereocenters. The molecule has 1 rings (SSSR count). The zero-order valence-corrected chi connectivity index (χ0v) is 10.4. The first kappa shape index (κ1) is 13.6. The zero-order valence-electron chi connectivity index (χ0n) is 10.4. The monoisotopic (exact) mass is 235 g/mol. The summed E-state index contributed by atoms with van der Waals surface area (Å²) in [5.74, 6) is 0.237. The van der Waals surface area contributed by atoms with Gasteiger partial charge in [0.15, 0.2) is 0 Å². The lowest BCUT2D eigenvalue weighted by molar-refractivity contribution is 0.321. The van der Waals surface area contributed by atoms with E-state index < -0.39 is 0 Å². The van der Waals surface area contributed by atoms with E-state index in [1.165, 1.54) is 31.9 Å². The normalized spacial score (nSPS) is 11.1. The molecule has 0 aliphatic rings. The maximum absolute atomic E-state index is 9.92. The SMILES string of the molecule is CCCCCCCc1cccc(C=NO)c1O. The average molecular weight is 235 g/mol. The van der Waals surface area contributed by atoms with Gasteiger partial charge in [0.1, 0.15) is 5.75 Å².